The molecule has 0 unspecified atom stereocenters. The van der Waals surface area contributed by atoms with Crippen LogP contribution in [0.15, 0.2) is 52.4 Å². The molecular weight excluding hydrogens is 234 g/mol. The van der Waals surface area contributed by atoms with E-state index in [2.05, 4.69) is 15.5 Å². The first-order valence-electron chi connectivity index (χ1n) is 5.12. The minimum absolute atomic E-state index is 0.174. The second kappa shape index (κ2) is 4.10. The molecule has 0 saturated carbocycles. The van der Waals surface area contributed by atoms with Gasteiger partial charge in [-0.05, 0) is 18.2 Å². The number of H-pyrrole nitrogens is 1. The van der Waals surface area contributed by atoms with Crippen LogP contribution >= 0.6 is 11.8 Å². The van der Waals surface area contributed by atoms with Crippen molar-refractivity contribution in [1.82, 2.24) is 10.2 Å². The van der Waals surface area contributed by atoms with Crippen molar-refractivity contribution in [1.29, 1.82) is 0 Å². The number of anilines is 1. The molecule has 0 spiro atoms. The molecule has 0 radical (unpaired) electrons. The Bertz CT molecular complexity index is 648. The number of benzene rings is 1. The average Bonchev–Trinajstić information content (AvgIpc) is 2.39. The van der Waals surface area contributed by atoms with Crippen molar-refractivity contribution in [2.24, 2.45) is 0 Å². The van der Waals surface area contributed by atoms with Gasteiger partial charge in [-0.25, -0.2) is 5.10 Å². The van der Waals surface area contributed by atoms with Gasteiger partial charge in [0, 0.05) is 22.2 Å². The predicted molar refractivity (Wildman–Crippen MR) is 68.8 cm³/mol. The van der Waals surface area contributed by atoms with Gasteiger partial charge in [-0.15, -0.1) is 0 Å². The van der Waals surface area contributed by atoms with E-state index < -0.39 is 0 Å². The molecule has 0 atom stereocenters. The highest BCUT2D eigenvalue weighted by Crippen LogP contribution is 2.40. The van der Waals surface area contributed by atoms with Gasteiger partial charge < -0.3 is 5.32 Å². The van der Waals surface area contributed by atoms with Crippen molar-refractivity contribution in [3.63, 3.8) is 0 Å². The molecule has 0 saturated heterocycles. The van der Waals surface area contributed by atoms with Gasteiger partial charge in [-0.2, -0.15) is 5.10 Å². The molecule has 17 heavy (non-hydrogen) atoms. The summed E-state index contributed by atoms with van der Waals surface area (Å²) in [4.78, 5) is 13.6. The van der Waals surface area contributed by atoms with Crippen molar-refractivity contribution in [2.45, 2.75) is 4.90 Å². The predicted octanol–water partition coefficient (Wildman–Crippen LogP) is 2.29. The normalized spacial score (nSPS) is 13.5. The molecule has 2 aromatic rings. The summed E-state index contributed by atoms with van der Waals surface area (Å²) in [6.07, 6.45) is 3.43. The quantitative estimate of drug-likeness (QED) is 0.806. The largest absolute Gasteiger partial charge is 0.360 e. The fourth-order valence-corrected chi connectivity index (χ4v) is 2.65. The number of aromatic amines is 1. The van der Waals surface area contributed by atoms with Crippen molar-refractivity contribution in [3.8, 4) is 0 Å². The fourth-order valence-electron chi connectivity index (χ4n) is 1.64. The van der Waals surface area contributed by atoms with E-state index in [1.807, 2.05) is 30.5 Å². The monoisotopic (exact) mass is 243 g/mol. The summed E-state index contributed by atoms with van der Waals surface area (Å²) in [5.41, 5.74) is 1.52. The molecule has 0 amide bonds. The van der Waals surface area contributed by atoms with Crippen LogP contribution in [0.3, 0.4) is 0 Å². The molecule has 1 aliphatic rings. The van der Waals surface area contributed by atoms with Gasteiger partial charge in [0.2, 0.25) is 0 Å². The molecule has 3 rings (SSSR count). The number of thioether (sulfide) groups is 1. The molecule has 0 aliphatic carbocycles. The Morgan fingerprint density at radius 2 is 2.06 bits per heavy atom. The van der Waals surface area contributed by atoms with Gasteiger partial charge in [-0.1, -0.05) is 23.9 Å². The average molecular weight is 243 g/mol. The lowest BCUT2D eigenvalue weighted by Gasteiger charge is -2.16. The second-order valence-corrected chi connectivity index (χ2v) is 4.63. The van der Waals surface area contributed by atoms with Gasteiger partial charge in [0.25, 0.3) is 5.56 Å². The summed E-state index contributed by atoms with van der Waals surface area (Å²) in [5, 5.41) is 9.31. The molecule has 2 N–H and O–H groups in total. The summed E-state index contributed by atoms with van der Waals surface area (Å²) in [7, 11) is 0. The van der Waals surface area contributed by atoms with Crippen LogP contribution in [0.25, 0.3) is 4.91 Å². The van der Waals surface area contributed by atoms with E-state index in [9.17, 15) is 4.79 Å². The number of nitrogens with zero attached hydrogens (tertiary/aromatic N) is 1. The molecule has 0 fully saturated rings. The van der Waals surface area contributed by atoms with E-state index in [4.69, 9.17) is 0 Å². The van der Waals surface area contributed by atoms with Gasteiger partial charge >= 0.3 is 0 Å². The van der Waals surface area contributed by atoms with Crippen LogP contribution in [-0.2, 0) is 0 Å². The Labute approximate surface area is 102 Å². The van der Waals surface area contributed by atoms with Crippen LogP contribution in [0, 0.1) is 0 Å². The smallest absolute Gasteiger partial charge is 0.272 e. The zero-order chi connectivity index (χ0) is 11.7. The molecular formula is C12H9N3OS. The third kappa shape index (κ3) is 1.85. The Hall–Kier alpha value is -2.01. The molecule has 1 aromatic carbocycles. The molecule has 84 valence electrons. The van der Waals surface area contributed by atoms with Gasteiger partial charge in [0.1, 0.15) is 0 Å². The van der Waals surface area contributed by atoms with E-state index in [1.54, 1.807) is 24.0 Å². The maximum atomic E-state index is 11.6. The Balaban J connectivity index is 2.02. The van der Waals surface area contributed by atoms with Crippen LogP contribution in [0.5, 0.6) is 0 Å². The van der Waals surface area contributed by atoms with Gasteiger partial charge in [-0.3, -0.25) is 4.79 Å². The van der Waals surface area contributed by atoms with E-state index >= 15 is 0 Å². The molecule has 1 aliphatic heterocycles. The van der Waals surface area contributed by atoms with Crippen LogP contribution in [0.2, 0.25) is 0 Å². The van der Waals surface area contributed by atoms with E-state index in [-0.39, 0.29) is 5.56 Å². The fraction of sp³-hybridized carbons (Fsp3) is 0. The lowest BCUT2D eigenvalue weighted by molar-refractivity contribution is 0.983. The van der Waals surface area contributed by atoms with Crippen LogP contribution in [0.4, 0.5) is 5.69 Å². The van der Waals surface area contributed by atoms with Crippen LogP contribution in [0.1, 0.15) is 5.56 Å². The lowest BCUT2D eigenvalue weighted by atomic mass is 10.3. The number of rotatable bonds is 1. The van der Waals surface area contributed by atoms with Gasteiger partial charge in [0.05, 0.1) is 11.3 Å². The number of aromatic nitrogens is 2. The third-order valence-corrected chi connectivity index (χ3v) is 3.59. The van der Waals surface area contributed by atoms with E-state index in [1.165, 1.54) is 0 Å². The second-order valence-electron chi connectivity index (χ2n) is 3.55. The highest BCUT2D eigenvalue weighted by Gasteiger charge is 2.14. The number of nitrogens with one attached hydrogen (secondary N) is 2. The van der Waals surface area contributed by atoms with Crippen LogP contribution < -0.4 is 10.9 Å². The summed E-state index contributed by atoms with van der Waals surface area (Å²) in [6.45, 7) is 0. The lowest BCUT2D eigenvalue weighted by Crippen LogP contribution is -2.13. The van der Waals surface area contributed by atoms with Crippen molar-refractivity contribution >= 4 is 22.4 Å². The van der Waals surface area contributed by atoms with E-state index in [0.29, 0.717) is 5.56 Å². The molecule has 2 heterocycles. The highest BCUT2D eigenvalue weighted by atomic mass is 32.2. The molecule has 4 nitrogen and oxygen atoms in total. The number of fused-ring (bicyclic) bond motifs is 1. The van der Waals surface area contributed by atoms with Crippen molar-refractivity contribution in [2.75, 3.05) is 5.32 Å². The maximum Gasteiger partial charge on any atom is 0.272 e. The minimum atomic E-state index is -0.174. The number of para-hydroxylation sites is 1. The Morgan fingerprint density at radius 3 is 2.94 bits per heavy atom. The molecule has 0 bridgehead atoms. The van der Waals surface area contributed by atoms with Crippen molar-refractivity contribution < 1.29 is 0 Å². The maximum absolute atomic E-state index is 11.6. The van der Waals surface area contributed by atoms with Crippen LogP contribution in [-0.4, -0.2) is 10.2 Å². The zero-order valence-electron chi connectivity index (χ0n) is 8.81. The summed E-state index contributed by atoms with van der Waals surface area (Å²) >= 11 is 1.58. The minimum Gasteiger partial charge on any atom is -0.360 e. The first-order chi connectivity index (χ1) is 8.34. The molecule has 1 aromatic heterocycles. The summed E-state index contributed by atoms with van der Waals surface area (Å²) in [6, 6.07) is 9.70. The number of hydrogen-bond acceptors (Lipinski definition) is 4. The SMILES string of the molecule is O=c1[nH]nccc1C1=CNc2ccccc2S1. The summed E-state index contributed by atoms with van der Waals surface area (Å²) in [5.74, 6) is 0. The molecule has 5 heteroatoms. The van der Waals surface area contributed by atoms with E-state index in [0.717, 1.165) is 15.5 Å². The first kappa shape index (κ1) is 10.2. The summed E-state index contributed by atoms with van der Waals surface area (Å²) < 4.78 is 0. The Morgan fingerprint density at radius 1 is 1.18 bits per heavy atom. The zero-order valence-corrected chi connectivity index (χ0v) is 9.62. The van der Waals surface area contributed by atoms with Gasteiger partial charge in [0.15, 0.2) is 0 Å². The van der Waals surface area contributed by atoms with Crippen molar-refractivity contribution in [3.05, 3.63) is 58.6 Å². The third-order valence-electron chi connectivity index (χ3n) is 2.46. The topological polar surface area (TPSA) is 57.8 Å². The first-order valence-corrected chi connectivity index (χ1v) is 5.94. The highest BCUT2D eigenvalue weighted by molar-refractivity contribution is 8.08. The standard InChI is InChI=1S/C12H9N3OS/c16-12-8(5-6-14-15-12)11-7-13-9-3-1-2-4-10(9)17-11/h1-7,13H,(H,15,16). The Kier molecular flexibility index (Phi) is 2.45. The number of hydrogen-bond donors (Lipinski definition) is 2.